The van der Waals surface area contributed by atoms with Crippen LogP contribution in [0.2, 0.25) is 0 Å². The maximum Gasteiger partial charge on any atom is 0.418 e. The van der Waals surface area contributed by atoms with Gasteiger partial charge < -0.3 is 10.4 Å². The van der Waals surface area contributed by atoms with Gasteiger partial charge in [0.15, 0.2) is 10.8 Å². The average molecular weight is 364 g/mol. The standard InChI is InChI=1S/C15H16F4N2O2S/c1-8(9-4-6-10(16)7-5-9)20-12-21-11(22)13(2,24-12)14(3,23)15(17,18)19/h4-8,23H,1-3H3,(H,20,21,22)/t8-,13?,14?/m0/s1. The van der Waals surface area contributed by atoms with Gasteiger partial charge in [-0.2, -0.15) is 13.2 Å². The van der Waals surface area contributed by atoms with E-state index >= 15 is 0 Å². The minimum atomic E-state index is -4.98. The van der Waals surface area contributed by atoms with E-state index in [1.54, 1.807) is 6.92 Å². The summed E-state index contributed by atoms with van der Waals surface area (Å²) in [4.78, 5) is 16.2. The molecule has 24 heavy (non-hydrogen) atoms. The van der Waals surface area contributed by atoms with Crippen molar-refractivity contribution in [1.29, 1.82) is 0 Å². The van der Waals surface area contributed by atoms with Crippen molar-refractivity contribution in [3.05, 3.63) is 35.6 Å². The Kier molecular flexibility index (Phi) is 4.71. The van der Waals surface area contributed by atoms with Gasteiger partial charge in [-0.05, 0) is 38.5 Å². The molecule has 1 fully saturated rings. The van der Waals surface area contributed by atoms with Gasteiger partial charge >= 0.3 is 6.18 Å². The SMILES string of the molecule is C[C@H](N=C1NC(=O)C(C)(C(C)(O)C(F)(F)F)S1)c1ccc(F)cc1. The van der Waals surface area contributed by atoms with E-state index in [0.29, 0.717) is 24.2 Å². The molecule has 4 nitrogen and oxygen atoms in total. The van der Waals surface area contributed by atoms with Crippen LogP contribution in [0.5, 0.6) is 0 Å². The van der Waals surface area contributed by atoms with E-state index in [0.717, 1.165) is 6.92 Å². The van der Waals surface area contributed by atoms with Crippen molar-refractivity contribution in [2.24, 2.45) is 4.99 Å². The Labute approximate surface area is 140 Å². The van der Waals surface area contributed by atoms with Crippen molar-refractivity contribution >= 4 is 22.8 Å². The number of nitrogens with one attached hydrogen (secondary N) is 1. The zero-order valence-corrected chi connectivity index (χ0v) is 13.9. The topological polar surface area (TPSA) is 61.7 Å². The summed E-state index contributed by atoms with van der Waals surface area (Å²) < 4.78 is 50.0. The zero-order chi connectivity index (χ0) is 18.3. The number of amidine groups is 1. The Morgan fingerprint density at radius 1 is 1.29 bits per heavy atom. The quantitative estimate of drug-likeness (QED) is 0.810. The number of hydrogen-bond acceptors (Lipinski definition) is 4. The molecular formula is C15H16F4N2O2S. The molecular weight excluding hydrogens is 348 g/mol. The first-order valence-electron chi connectivity index (χ1n) is 7.01. The van der Waals surface area contributed by atoms with Crippen LogP contribution in [0.1, 0.15) is 32.4 Å². The summed E-state index contributed by atoms with van der Waals surface area (Å²) in [5.74, 6) is -1.39. The number of nitrogens with zero attached hydrogens (tertiary/aromatic N) is 1. The largest absolute Gasteiger partial charge is 0.418 e. The number of aliphatic hydroxyl groups is 1. The fourth-order valence-electron chi connectivity index (χ4n) is 2.12. The van der Waals surface area contributed by atoms with E-state index in [2.05, 4.69) is 10.3 Å². The summed E-state index contributed by atoms with van der Waals surface area (Å²) >= 11 is 0.526. The molecule has 2 unspecified atom stereocenters. The normalized spacial score (nSPS) is 27.0. The highest BCUT2D eigenvalue weighted by Crippen LogP contribution is 2.48. The second-order valence-corrected chi connectivity index (χ2v) is 7.23. The third-order valence-electron chi connectivity index (χ3n) is 4.10. The number of hydrogen-bond donors (Lipinski definition) is 2. The van der Waals surface area contributed by atoms with Crippen LogP contribution < -0.4 is 5.32 Å². The Hall–Kier alpha value is -1.61. The molecule has 1 aromatic carbocycles. The van der Waals surface area contributed by atoms with Crippen LogP contribution >= 0.6 is 11.8 Å². The average Bonchev–Trinajstić information content (AvgIpc) is 2.74. The van der Waals surface area contributed by atoms with Crippen LogP contribution in [0.15, 0.2) is 29.3 Å². The van der Waals surface area contributed by atoms with Crippen LogP contribution in [-0.4, -0.2) is 32.7 Å². The first-order chi connectivity index (χ1) is 10.9. The number of rotatable bonds is 3. The lowest BCUT2D eigenvalue weighted by atomic mass is 9.88. The Morgan fingerprint density at radius 2 is 1.83 bits per heavy atom. The molecule has 3 atom stereocenters. The number of aliphatic imine (C=N–C) groups is 1. The first-order valence-corrected chi connectivity index (χ1v) is 7.83. The highest BCUT2D eigenvalue weighted by atomic mass is 32.2. The number of benzene rings is 1. The Balaban J connectivity index is 2.27. The molecule has 1 heterocycles. The van der Waals surface area contributed by atoms with Crippen molar-refractivity contribution in [2.45, 2.75) is 43.3 Å². The molecule has 132 valence electrons. The summed E-state index contributed by atoms with van der Waals surface area (Å²) in [6.45, 7) is 3.24. The molecule has 0 saturated carbocycles. The van der Waals surface area contributed by atoms with E-state index in [4.69, 9.17) is 0 Å². The molecule has 9 heteroatoms. The van der Waals surface area contributed by atoms with Crippen LogP contribution in [0.25, 0.3) is 0 Å². The maximum atomic E-state index is 13.1. The second-order valence-electron chi connectivity index (χ2n) is 5.82. The molecule has 0 aromatic heterocycles. The zero-order valence-electron chi connectivity index (χ0n) is 13.1. The number of thioether (sulfide) groups is 1. The molecule has 1 amide bonds. The lowest BCUT2D eigenvalue weighted by molar-refractivity contribution is -0.260. The molecule has 1 aliphatic rings. The summed E-state index contributed by atoms with van der Waals surface area (Å²) in [7, 11) is 0. The van der Waals surface area contributed by atoms with Gasteiger partial charge in [0.2, 0.25) is 5.91 Å². The van der Waals surface area contributed by atoms with Gasteiger partial charge in [-0.1, -0.05) is 23.9 Å². The van der Waals surface area contributed by atoms with Crippen molar-refractivity contribution in [3.63, 3.8) is 0 Å². The molecule has 2 rings (SSSR count). The van der Waals surface area contributed by atoms with Gasteiger partial charge in [0, 0.05) is 0 Å². The van der Waals surface area contributed by atoms with Gasteiger partial charge in [0.05, 0.1) is 6.04 Å². The Bertz CT molecular complexity index is 673. The summed E-state index contributed by atoms with van der Waals surface area (Å²) in [5, 5.41) is 12.1. The predicted octanol–water partition coefficient (Wildman–Crippen LogP) is 3.18. The highest BCUT2D eigenvalue weighted by Gasteiger charge is 2.67. The summed E-state index contributed by atoms with van der Waals surface area (Å²) in [5.41, 5.74) is -2.60. The molecule has 1 aliphatic heterocycles. The Morgan fingerprint density at radius 3 is 2.33 bits per heavy atom. The molecule has 2 N–H and O–H groups in total. The van der Waals surface area contributed by atoms with Gasteiger partial charge in [0.25, 0.3) is 0 Å². The van der Waals surface area contributed by atoms with Gasteiger partial charge in [-0.15, -0.1) is 0 Å². The lowest BCUT2D eigenvalue weighted by Crippen LogP contribution is -2.61. The van der Waals surface area contributed by atoms with Crippen molar-refractivity contribution in [2.75, 3.05) is 0 Å². The number of carbonyl (C=O) groups is 1. The lowest BCUT2D eigenvalue weighted by Gasteiger charge is -2.37. The molecule has 0 bridgehead atoms. The molecule has 1 saturated heterocycles. The minimum absolute atomic E-state index is 0.0242. The summed E-state index contributed by atoms with van der Waals surface area (Å²) in [6, 6.07) is 4.97. The first kappa shape index (κ1) is 18.7. The summed E-state index contributed by atoms with van der Waals surface area (Å²) in [6.07, 6.45) is -4.98. The number of alkyl halides is 3. The molecule has 0 aliphatic carbocycles. The van der Waals surface area contributed by atoms with E-state index in [1.165, 1.54) is 24.3 Å². The highest BCUT2D eigenvalue weighted by molar-refractivity contribution is 8.16. The second kappa shape index (κ2) is 6.03. The van der Waals surface area contributed by atoms with Gasteiger partial charge in [0.1, 0.15) is 10.6 Å². The monoisotopic (exact) mass is 364 g/mol. The molecule has 0 radical (unpaired) electrons. The van der Waals surface area contributed by atoms with Gasteiger partial charge in [-0.3, -0.25) is 9.79 Å². The van der Waals surface area contributed by atoms with Crippen molar-refractivity contribution in [1.82, 2.24) is 5.32 Å². The van der Waals surface area contributed by atoms with E-state index in [9.17, 15) is 27.5 Å². The van der Waals surface area contributed by atoms with Crippen LogP contribution in [-0.2, 0) is 4.79 Å². The van der Waals surface area contributed by atoms with E-state index in [1.807, 2.05) is 0 Å². The smallest absolute Gasteiger partial charge is 0.379 e. The van der Waals surface area contributed by atoms with Crippen LogP contribution in [0.3, 0.4) is 0 Å². The van der Waals surface area contributed by atoms with Crippen molar-refractivity contribution in [3.8, 4) is 0 Å². The van der Waals surface area contributed by atoms with Crippen molar-refractivity contribution < 1.29 is 27.5 Å². The minimum Gasteiger partial charge on any atom is -0.379 e. The van der Waals surface area contributed by atoms with E-state index in [-0.39, 0.29) is 5.17 Å². The number of carbonyl (C=O) groups excluding carboxylic acids is 1. The maximum absolute atomic E-state index is 13.1. The van der Waals surface area contributed by atoms with E-state index < -0.39 is 34.3 Å². The van der Waals surface area contributed by atoms with Crippen LogP contribution in [0, 0.1) is 5.82 Å². The predicted molar refractivity (Wildman–Crippen MR) is 83.1 cm³/mol. The van der Waals surface area contributed by atoms with Gasteiger partial charge in [-0.25, -0.2) is 4.39 Å². The number of amides is 1. The fraction of sp³-hybridized carbons (Fsp3) is 0.467. The number of halogens is 4. The third kappa shape index (κ3) is 3.14. The van der Waals surface area contributed by atoms with Crippen LogP contribution in [0.4, 0.5) is 17.6 Å². The molecule has 1 aromatic rings. The molecule has 0 spiro atoms. The fourth-order valence-corrected chi connectivity index (χ4v) is 3.32. The third-order valence-corrected chi connectivity index (χ3v) is 5.49.